The molecule has 0 unspecified atom stereocenters. The number of rotatable bonds is 5. The van der Waals surface area contributed by atoms with Crippen molar-refractivity contribution in [3.8, 4) is 0 Å². The molecule has 0 aliphatic rings. The van der Waals surface area contributed by atoms with Gasteiger partial charge in [-0.15, -0.1) is 0 Å². The largest absolute Gasteiger partial charge is 0.375 e. The monoisotopic (exact) mass is 335 g/mol. The molecule has 1 amide bonds. The molecule has 1 aromatic carbocycles. The van der Waals surface area contributed by atoms with Gasteiger partial charge in [0.2, 0.25) is 0 Å². The quantitative estimate of drug-likeness (QED) is 0.826. The van der Waals surface area contributed by atoms with Crippen molar-refractivity contribution in [3.63, 3.8) is 0 Å². The molecule has 6 heteroatoms. The summed E-state index contributed by atoms with van der Waals surface area (Å²) >= 11 is 3.34. The first kappa shape index (κ1) is 16.0. The third-order valence-corrected chi connectivity index (χ3v) is 3.07. The van der Waals surface area contributed by atoms with E-state index in [9.17, 15) is 13.6 Å². The van der Waals surface area contributed by atoms with Crippen molar-refractivity contribution in [1.29, 1.82) is 0 Å². The number of alkyl halides is 2. The minimum Gasteiger partial charge on any atom is -0.375 e. The number of hydrogen-bond donors (Lipinski definition) is 0. The summed E-state index contributed by atoms with van der Waals surface area (Å²) in [4.78, 5) is 13.0. The van der Waals surface area contributed by atoms with Crippen LogP contribution in [0.15, 0.2) is 16.6 Å². The number of carbonyl (C=O) groups is 1. The van der Waals surface area contributed by atoms with Gasteiger partial charge in [-0.25, -0.2) is 8.78 Å². The van der Waals surface area contributed by atoms with E-state index < -0.39 is 18.9 Å². The summed E-state index contributed by atoms with van der Waals surface area (Å²) in [5, 5.41) is 0. The summed E-state index contributed by atoms with van der Waals surface area (Å²) < 4.78 is 30.9. The molecule has 19 heavy (non-hydrogen) atoms. The molecule has 0 bridgehead atoms. The molecule has 0 spiro atoms. The lowest BCUT2D eigenvalue weighted by atomic mass is 10.1. The minimum atomic E-state index is -2.59. The second-order valence-electron chi connectivity index (χ2n) is 4.22. The maximum atomic E-state index is 12.7. The van der Waals surface area contributed by atoms with Crippen LogP contribution in [0.2, 0.25) is 0 Å². The van der Waals surface area contributed by atoms with Crippen LogP contribution in [0.1, 0.15) is 11.1 Å². The van der Waals surface area contributed by atoms with E-state index >= 15 is 0 Å². The zero-order chi connectivity index (χ0) is 14.6. The van der Waals surface area contributed by atoms with Crippen LogP contribution < -0.4 is 4.90 Å². The van der Waals surface area contributed by atoms with Crippen LogP contribution in [0.3, 0.4) is 0 Å². The minimum absolute atomic E-state index is 0.221. The molecule has 1 aromatic rings. The first-order valence-electron chi connectivity index (χ1n) is 5.71. The normalized spacial score (nSPS) is 10.9. The molecule has 0 aliphatic heterocycles. The van der Waals surface area contributed by atoms with Crippen LogP contribution in [0.5, 0.6) is 0 Å². The van der Waals surface area contributed by atoms with Crippen LogP contribution in [0.4, 0.5) is 14.5 Å². The summed E-state index contributed by atoms with van der Waals surface area (Å²) in [6, 6.07) is 3.59. The van der Waals surface area contributed by atoms with Gasteiger partial charge in [-0.2, -0.15) is 0 Å². The van der Waals surface area contributed by atoms with Gasteiger partial charge in [0, 0.05) is 17.3 Å². The molecule has 0 aliphatic carbocycles. The molecule has 106 valence electrons. The van der Waals surface area contributed by atoms with E-state index in [0.717, 1.165) is 20.5 Å². The van der Waals surface area contributed by atoms with Gasteiger partial charge in [0.25, 0.3) is 12.3 Å². The van der Waals surface area contributed by atoms with Crippen molar-refractivity contribution in [2.75, 3.05) is 25.2 Å². The Morgan fingerprint density at radius 1 is 1.37 bits per heavy atom. The van der Waals surface area contributed by atoms with Gasteiger partial charge in [0.05, 0.1) is 6.54 Å². The van der Waals surface area contributed by atoms with Gasteiger partial charge in [-0.1, -0.05) is 15.9 Å². The molecule has 0 aromatic heterocycles. The van der Waals surface area contributed by atoms with E-state index in [0.29, 0.717) is 5.69 Å². The van der Waals surface area contributed by atoms with Crippen LogP contribution in [0, 0.1) is 13.8 Å². The summed E-state index contributed by atoms with van der Waals surface area (Å²) in [6.07, 6.45) is -2.59. The molecule has 0 saturated heterocycles. The van der Waals surface area contributed by atoms with Gasteiger partial charge in [0.1, 0.15) is 6.61 Å². The Labute approximate surface area is 119 Å². The van der Waals surface area contributed by atoms with Gasteiger partial charge < -0.3 is 9.64 Å². The van der Waals surface area contributed by atoms with Crippen molar-refractivity contribution in [1.82, 2.24) is 0 Å². The number of anilines is 1. The van der Waals surface area contributed by atoms with Crippen molar-refractivity contribution >= 4 is 27.5 Å². The first-order valence-corrected chi connectivity index (χ1v) is 6.50. The van der Waals surface area contributed by atoms with Crippen molar-refractivity contribution in [2.24, 2.45) is 0 Å². The van der Waals surface area contributed by atoms with E-state index in [-0.39, 0.29) is 6.61 Å². The molecular formula is C13H16BrF2NO2. The predicted molar refractivity (Wildman–Crippen MR) is 73.8 cm³/mol. The van der Waals surface area contributed by atoms with E-state index in [4.69, 9.17) is 4.74 Å². The van der Waals surface area contributed by atoms with Gasteiger partial charge in [0.15, 0.2) is 0 Å². The molecule has 1 rings (SSSR count). The van der Waals surface area contributed by atoms with E-state index in [1.165, 1.54) is 7.11 Å². The number of amides is 1. The highest BCUT2D eigenvalue weighted by atomic mass is 79.9. The van der Waals surface area contributed by atoms with E-state index in [1.807, 2.05) is 0 Å². The zero-order valence-electron chi connectivity index (χ0n) is 11.0. The molecular weight excluding hydrogens is 320 g/mol. The number of methoxy groups -OCH3 is 1. The summed E-state index contributed by atoms with van der Waals surface area (Å²) in [7, 11) is 1.36. The number of hydrogen-bond acceptors (Lipinski definition) is 2. The molecule has 0 atom stereocenters. The van der Waals surface area contributed by atoms with E-state index in [1.54, 1.807) is 26.0 Å². The molecule has 3 nitrogen and oxygen atoms in total. The Hall–Kier alpha value is -1.01. The van der Waals surface area contributed by atoms with Crippen LogP contribution in [-0.4, -0.2) is 32.6 Å². The molecule has 0 fully saturated rings. The van der Waals surface area contributed by atoms with Crippen molar-refractivity contribution < 1.29 is 18.3 Å². The number of nitrogens with zero attached hydrogens (tertiary/aromatic N) is 1. The Morgan fingerprint density at radius 3 is 2.32 bits per heavy atom. The highest BCUT2D eigenvalue weighted by Gasteiger charge is 2.23. The SMILES string of the molecule is COCC(=O)N(CC(F)F)c1c(C)cc(Br)cc1C. The maximum Gasteiger partial charge on any atom is 0.256 e. The topological polar surface area (TPSA) is 29.5 Å². The Balaban J connectivity index is 3.20. The van der Waals surface area contributed by atoms with Crippen LogP contribution in [-0.2, 0) is 9.53 Å². The van der Waals surface area contributed by atoms with Gasteiger partial charge >= 0.3 is 0 Å². The average Bonchev–Trinajstić information content (AvgIpc) is 2.26. The Morgan fingerprint density at radius 2 is 1.89 bits per heavy atom. The third kappa shape index (κ3) is 4.24. The first-order chi connectivity index (χ1) is 8.86. The third-order valence-electron chi connectivity index (χ3n) is 2.62. The zero-order valence-corrected chi connectivity index (χ0v) is 12.6. The fraction of sp³-hybridized carbons (Fsp3) is 0.462. The fourth-order valence-corrected chi connectivity index (χ4v) is 2.67. The number of halogens is 3. The molecule has 0 saturated carbocycles. The molecule has 0 N–H and O–H groups in total. The smallest absolute Gasteiger partial charge is 0.256 e. The predicted octanol–water partition coefficient (Wildman–Crippen LogP) is 3.31. The fourth-order valence-electron chi connectivity index (χ4n) is 1.99. The second kappa shape index (κ2) is 6.96. The lowest BCUT2D eigenvalue weighted by Crippen LogP contribution is -2.38. The van der Waals surface area contributed by atoms with Gasteiger partial charge in [-0.05, 0) is 37.1 Å². The number of carbonyl (C=O) groups excluding carboxylic acids is 1. The summed E-state index contributed by atoms with van der Waals surface area (Å²) in [6.45, 7) is 2.71. The van der Waals surface area contributed by atoms with Crippen molar-refractivity contribution in [2.45, 2.75) is 20.3 Å². The Bertz CT molecular complexity index is 443. The summed E-state index contributed by atoms with van der Waals surface area (Å²) in [5.74, 6) is -0.476. The summed E-state index contributed by atoms with van der Waals surface area (Å²) in [5.41, 5.74) is 2.04. The lowest BCUT2D eigenvalue weighted by Gasteiger charge is -2.26. The number of benzene rings is 1. The average molecular weight is 336 g/mol. The number of aryl methyl sites for hydroxylation is 2. The van der Waals surface area contributed by atoms with Gasteiger partial charge in [-0.3, -0.25) is 4.79 Å². The standard InChI is InChI=1S/C13H16BrF2NO2/c1-8-4-10(14)5-9(2)13(8)17(6-11(15)16)12(18)7-19-3/h4-5,11H,6-7H2,1-3H3. The highest BCUT2D eigenvalue weighted by molar-refractivity contribution is 9.10. The second-order valence-corrected chi connectivity index (χ2v) is 5.13. The Kier molecular flexibility index (Phi) is 5.87. The molecule has 0 heterocycles. The lowest BCUT2D eigenvalue weighted by molar-refractivity contribution is -0.122. The van der Waals surface area contributed by atoms with E-state index in [2.05, 4.69) is 15.9 Å². The van der Waals surface area contributed by atoms with Crippen LogP contribution in [0.25, 0.3) is 0 Å². The van der Waals surface area contributed by atoms with Crippen molar-refractivity contribution in [3.05, 3.63) is 27.7 Å². The highest BCUT2D eigenvalue weighted by Crippen LogP contribution is 2.29. The molecule has 0 radical (unpaired) electrons. The van der Waals surface area contributed by atoms with Crippen LogP contribution >= 0.6 is 15.9 Å². The maximum absolute atomic E-state index is 12.7. The number of ether oxygens (including phenoxy) is 1.